The lowest BCUT2D eigenvalue weighted by Gasteiger charge is -2.41. The second-order valence-electron chi connectivity index (χ2n) is 10.2. The molecule has 0 aliphatic carbocycles. The Morgan fingerprint density at radius 3 is 1.58 bits per heavy atom. The van der Waals surface area contributed by atoms with E-state index < -0.39 is 17.0 Å². The van der Waals surface area contributed by atoms with Gasteiger partial charge in [-0.2, -0.15) is 0 Å². The highest BCUT2D eigenvalue weighted by Crippen LogP contribution is 2.46. The summed E-state index contributed by atoms with van der Waals surface area (Å²) in [6.07, 6.45) is 2.45. The quantitative estimate of drug-likeness (QED) is 0.596. The number of carboxylic acids is 1. The van der Waals surface area contributed by atoms with Gasteiger partial charge in [0.05, 0.1) is 11.8 Å². The van der Waals surface area contributed by atoms with E-state index >= 15 is 0 Å². The van der Waals surface area contributed by atoms with Crippen LogP contribution in [0.15, 0.2) is 0 Å². The first-order valence-electron chi connectivity index (χ1n) is 8.97. The lowest BCUT2D eigenvalue weighted by Crippen LogP contribution is -2.44. The van der Waals surface area contributed by atoms with Crippen LogP contribution in [-0.2, 0) is 14.3 Å². The minimum Gasteiger partial charge on any atom is -0.481 e. The SMILES string of the molecule is CCCC(C)(C)OC(=O)C(CC(=O)O)(CC(C)(C)C)CC(C)(C)C. The van der Waals surface area contributed by atoms with Gasteiger partial charge >= 0.3 is 11.9 Å². The highest BCUT2D eigenvalue weighted by Gasteiger charge is 2.48. The van der Waals surface area contributed by atoms with Crippen LogP contribution in [0.2, 0.25) is 0 Å². The minimum atomic E-state index is -1.01. The molecule has 0 spiro atoms. The van der Waals surface area contributed by atoms with Gasteiger partial charge in [0, 0.05) is 0 Å². The molecule has 142 valence electrons. The van der Waals surface area contributed by atoms with E-state index in [1.165, 1.54) is 0 Å². The van der Waals surface area contributed by atoms with Crippen molar-refractivity contribution in [3.8, 4) is 0 Å². The van der Waals surface area contributed by atoms with Gasteiger partial charge in [-0.3, -0.25) is 9.59 Å². The Labute approximate surface area is 148 Å². The topological polar surface area (TPSA) is 63.6 Å². The fraction of sp³-hybridized carbons (Fsp3) is 0.900. The molecule has 0 aliphatic heterocycles. The Morgan fingerprint density at radius 2 is 1.29 bits per heavy atom. The maximum Gasteiger partial charge on any atom is 0.313 e. The number of ether oxygens (including phenoxy) is 1. The number of hydrogen-bond donors (Lipinski definition) is 1. The number of rotatable bonds is 8. The summed E-state index contributed by atoms with van der Waals surface area (Å²) in [6, 6.07) is 0. The minimum absolute atomic E-state index is 0.172. The van der Waals surface area contributed by atoms with Crippen LogP contribution >= 0.6 is 0 Å². The zero-order valence-corrected chi connectivity index (χ0v) is 17.2. The zero-order valence-electron chi connectivity index (χ0n) is 17.2. The van der Waals surface area contributed by atoms with Crippen LogP contribution in [0.1, 0.15) is 94.4 Å². The van der Waals surface area contributed by atoms with E-state index in [9.17, 15) is 14.7 Å². The van der Waals surface area contributed by atoms with Crippen LogP contribution in [0.25, 0.3) is 0 Å². The van der Waals surface area contributed by atoms with E-state index in [4.69, 9.17) is 4.74 Å². The monoisotopic (exact) mass is 342 g/mol. The van der Waals surface area contributed by atoms with Crippen LogP contribution in [0.4, 0.5) is 0 Å². The van der Waals surface area contributed by atoms with Gasteiger partial charge in [0.25, 0.3) is 0 Å². The molecule has 0 bridgehead atoms. The van der Waals surface area contributed by atoms with Gasteiger partial charge in [-0.05, 0) is 43.9 Å². The zero-order chi connectivity index (χ0) is 19.4. The lowest BCUT2D eigenvalue weighted by atomic mass is 9.64. The van der Waals surface area contributed by atoms with Crippen LogP contribution in [0.5, 0.6) is 0 Å². The molecule has 4 nitrogen and oxygen atoms in total. The first-order valence-corrected chi connectivity index (χ1v) is 8.97. The van der Waals surface area contributed by atoms with Crippen molar-refractivity contribution in [1.82, 2.24) is 0 Å². The summed E-state index contributed by atoms with van der Waals surface area (Å²) in [7, 11) is 0. The first kappa shape index (κ1) is 22.9. The third kappa shape index (κ3) is 8.70. The van der Waals surface area contributed by atoms with E-state index in [1.807, 2.05) is 62.3 Å². The standard InChI is InChI=1S/C20H38O4/c1-10-11-19(8,9)24-16(23)20(12-15(21)22,13-17(2,3)4)14-18(5,6)7/h10-14H2,1-9H3,(H,21,22). The lowest BCUT2D eigenvalue weighted by molar-refractivity contribution is -0.178. The predicted molar refractivity (Wildman–Crippen MR) is 97.9 cm³/mol. The average molecular weight is 343 g/mol. The Morgan fingerprint density at radius 1 is 0.875 bits per heavy atom. The van der Waals surface area contributed by atoms with Gasteiger partial charge in [-0.1, -0.05) is 54.9 Å². The van der Waals surface area contributed by atoms with E-state index in [-0.39, 0.29) is 23.2 Å². The van der Waals surface area contributed by atoms with Crippen molar-refractivity contribution in [3.63, 3.8) is 0 Å². The second kappa shape index (κ2) is 7.88. The highest BCUT2D eigenvalue weighted by molar-refractivity contribution is 5.83. The molecule has 0 saturated carbocycles. The van der Waals surface area contributed by atoms with Gasteiger partial charge < -0.3 is 9.84 Å². The van der Waals surface area contributed by atoms with E-state index in [1.54, 1.807) is 0 Å². The van der Waals surface area contributed by atoms with E-state index in [0.29, 0.717) is 12.8 Å². The number of hydrogen-bond acceptors (Lipinski definition) is 3. The van der Waals surface area contributed by atoms with Gasteiger partial charge in [0.2, 0.25) is 0 Å². The van der Waals surface area contributed by atoms with Crippen LogP contribution in [-0.4, -0.2) is 22.6 Å². The molecular formula is C20H38O4. The molecule has 1 N–H and O–H groups in total. The van der Waals surface area contributed by atoms with Crippen molar-refractivity contribution in [2.75, 3.05) is 0 Å². The molecule has 4 heteroatoms. The first-order chi connectivity index (χ1) is 10.5. The van der Waals surface area contributed by atoms with Gasteiger partial charge in [-0.15, -0.1) is 0 Å². The molecule has 0 aromatic carbocycles. The number of carbonyl (C=O) groups is 2. The summed E-state index contributed by atoms with van der Waals surface area (Å²) in [5.41, 5.74) is -1.93. The molecule has 0 amide bonds. The van der Waals surface area contributed by atoms with Crippen molar-refractivity contribution in [2.24, 2.45) is 16.2 Å². The summed E-state index contributed by atoms with van der Waals surface area (Å²) >= 11 is 0. The molecule has 0 aromatic rings. The summed E-state index contributed by atoms with van der Waals surface area (Å²) in [5, 5.41) is 9.49. The van der Waals surface area contributed by atoms with Crippen LogP contribution in [0.3, 0.4) is 0 Å². The van der Waals surface area contributed by atoms with Crippen LogP contribution in [0, 0.1) is 16.2 Å². The maximum atomic E-state index is 13.2. The predicted octanol–water partition coefficient (Wildman–Crippen LogP) is 5.44. The molecule has 0 fully saturated rings. The van der Waals surface area contributed by atoms with Gasteiger partial charge in [0.1, 0.15) is 5.60 Å². The van der Waals surface area contributed by atoms with Crippen LogP contribution < -0.4 is 0 Å². The maximum absolute atomic E-state index is 13.2. The Balaban J connectivity index is 5.85. The molecule has 0 saturated heterocycles. The second-order valence-corrected chi connectivity index (χ2v) is 10.2. The number of aliphatic carboxylic acids is 1. The van der Waals surface area contributed by atoms with E-state index in [0.717, 1.165) is 12.8 Å². The molecule has 0 atom stereocenters. The van der Waals surface area contributed by atoms with Crippen molar-refractivity contribution >= 4 is 11.9 Å². The summed E-state index contributed by atoms with van der Waals surface area (Å²) in [4.78, 5) is 24.7. The normalized spacial score (nSPS) is 13.7. The van der Waals surface area contributed by atoms with Crippen molar-refractivity contribution in [2.45, 2.75) is 100 Å². The van der Waals surface area contributed by atoms with Crippen molar-refractivity contribution in [1.29, 1.82) is 0 Å². The number of carboxylic acid groups (broad SMARTS) is 1. The molecule has 0 radical (unpaired) electrons. The third-order valence-corrected chi connectivity index (χ3v) is 3.88. The smallest absolute Gasteiger partial charge is 0.313 e. The molecule has 0 unspecified atom stereocenters. The van der Waals surface area contributed by atoms with Crippen molar-refractivity contribution < 1.29 is 19.4 Å². The average Bonchev–Trinajstić information content (AvgIpc) is 2.21. The Hall–Kier alpha value is -1.06. The summed E-state index contributed by atoms with van der Waals surface area (Å²) in [5.74, 6) is -1.32. The largest absolute Gasteiger partial charge is 0.481 e. The molecule has 0 aliphatic rings. The van der Waals surface area contributed by atoms with Crippen molar-refractivity contribution in [3.05, 3.63) is 0 Å². The molecular weight excluding hydrogens is 304 g/mol. The van der Waals surface area contributed by atoms with Gasteiger partial charge in [-0.25, -0.2) is 0 Å². The molecule has 0 aromatic heterocycles. The van der Waals surface area contributed by atoms with Gasteiger partial charge in [0.15, 0.2) is 0 Å². The molecule has 0 heterocycles. The summed E-state index contributed by atoms with van der Waals surface area (Å²) in [6.45, 7) is 18.1. The Kier molecular flexibility index (Phi) is 7.53. The molecule has 0 rings (SSSR count). The summed E-state index contributed by atoms with van der Waals surface area (Å²) < 4.78 is 5.83. The van der Waals surface area contributed by atoms with E-state index in [2.05, 4.69) is 0 Å². The number of esters is 1. The fourth-order valence-corrected chi connectivity index (χ4v) is 3.74. The fourth-order valence-electron chi connectivity index (χ4n) is 3.74. The third-order valence-electron chi connectivity index (χ3n) is 3.88. The number of carbonyl (C=O) groups excluding carboxylic acids is 1. The highest BCUT2D eigenvalue weighted by atomic mass is 16.6. The molecule has 24 heavy (non-hydrogen) atoms. The Bertz CT molecular complexity index is 420.